The Morgan fingerprint density at radius 3 is 2.56 bits per heavy atom. The number of benzene rings is 2. The number of halogens is 1. The molecule has 0 aliphatic rings. The van der Waals surface area contributed by atoms with E-state index in [1.807, 2.05) is 36.4 Å². The van der Waals surface area contributed by atoms with Gasteiger partial charge in [0.15, 0.2) is 0 Å². The van der Waals surface area contributed by atoms with Gasteiger partial charge in [-0.1, -0.05) is 47.9 Å². The predicted molar refractivity (Wildman–Crippen MR) is 63.0 cm³/mol. The Kier molecular flexibility index (Phi) is 3.73. The quantitative estimate of drug-likeness (QED) is 0.708. The van der Waals surface area contributed by atoms with E-state index < -0.39 is 0 Å². The minimum atomic E-state index is -0.235. The topological polar surface area (TPSA) is 9.23 Å². The lowest BCUT2D eigenvalue weighted by Gasteiger charge is -2.03. The van der Waals surface area contributed by atoms with Crippen LogP contribution in [0.25, 0.3) is 0 Å². The van der Waals surface area contributed by atoms with E-state index in [0.717, 1.165) is 11.0 Å². The highest BCUT2D eigenvalue weighted by Crippen LogP contribution is 2.04. The van der Waals surface area contributed by atoms with Gasteiger partial charge in [-0.2, -0.15) is 0 Å². The summed E-state index contributed by atoms with van der Waals surface area (Å²) < 4.78 is 18.2. The smallest absolute Gasteiger partial charge is 0.330 e. The fourth-order valence-corrected chi connectivity index (χ4v) is 1.39. The van der Waals surface area contributed by atoms with E-state index in [4.69, 9.17) is 4.65 Å². The lowest BCUT2D eigenvalue weighted by Crippen LogP contribution is -2.16. The monoisotopic (exact) mass is 213 g/mol. The van der Waals surface area contributed by atoms with Crippen molar-refractivity contribution in [3.63, 3.8) is 0 Å². The van der Waals surface area contributed by atoms with Gasteiger partial charge in [0.1, 0.15) is 5.82 Å². The van der Waals surface area contributed by atoms with Crippen LogP contribution in [0.4, 0.5) is 4.39 Å². The first-order chi connectivity index (χ1) is 7.84. The third-order valence-corrected chi connectivity index (χ3v) is 2.16. The van der Waals surface area contributed by atoms with Gasteiger partial charge in [-0.05, 0) is 17.7 Å². The van der Waals surface area contributed by atoms with Crippen LogP contribution in [0.2, 0.25) is 0 Å². The lowest BCUT2D eigenvalue weighted by molar-refractivity contribution is 0.330. The normalized spacial score (nSPS) is 10.1. The molecule has 1 nitrogen and oxygen atoms in total. The Labute approximate surface area is 95.2 Å². The second kappa shape index (κ2) is 5.47. The maximum absolute atomic E-state index is 12.9. The van der Waals surface area contributed by atoms with Crippen LogP contribution in [0, 0.1) is 5.82 Å². The summed E-state index contributed by atoms with van der Waals surface area (Å²) in [5, 5.41) is 0. The Balaban J connectivity index is 1.85. The van der Waals surface area contributed by atoms with Gasteiger partial charge in [-0.25, -0.2) is 4.39 Å². The standard InChI is InChI=1S/C13H11BFO/c15-13-8-4-5-11(9-13)10-16-14-12-6-2-1-3-7-12/h1-9H,10H2. The molecule has 0 saturated carbocycles. The zero-order valence-electron chi connectivity index (χ0n) is 8.77. The summed E-state index contributed by atoms with van der Waals surface area (Å²) in [6.07, 6.45) is 0. The van der Waals surface area contributed by atoms with Gasteiger partial charge in [-0.3, -0.25) is 0 Å². The maximum Gasteiger partial charge on any atom is 0.330 e. The highest BCUT2D eigenvalue weighted by molar-refractivity contribution is 6.46. The zero-order chi connectivity index (χ0) is 11.2. The molecule has 0 aliphatic heterocycles. The second-order valence-electron chi connectivity index (χ2n) is 3.47. The largest absolute Gasteiger partial charge is 0.430 e. The first-order valence-corrected chi connectivity index (χ1v) is 5.09. The molecule has 0 aromatic heterocycles. The minimum absolute atomic E-state index is 0.235. The average Bonchev–Trinajstić information content (AvgIpc) is 2.30. The summed E-state index contributed by atoms with van der Waals surface area (Å²) >= 11 is 0. The van der Waals surface area contributed by atoms with Crippen LogP contribution in [0.5, 0.6) is 0 Å². The van der Waals surface area contributed by atoms with Gasteiger partial charge in [-0.15, -0.1) is 0 Å². The molecule has 0 aliphatic carbocycles. The lowest BCUT2D eigenvalue weighted by atomic mass is 9.88. The fourth-order valence-electron chi connectivity index (χ4n) is 1.39. The molecule has 0 heterocycles. The predicted octanol–water partition coefficient (Wildman–Crippen LogP) is 2.29. The van der Waals surface area contributed by atoms with E-state index >= 15 is 0 Å². The van der Waals surface area contributed by atoms with E-state index in [-0.39, 0.29) is 5.82 Å². The Bertz CT molecular complexity index is 445. The van der Waals surface area contributed by atoms with Crippen molar-refractivity contribution in [1.29, 1.82) is 0 Å². The van der Waals surface area contributed by atoms with Gasteiger partial charge in [0, 0.05) is 0 Å². The Morgan fingerprint density at radius 2 is 1.81 bits per heavy atom. The number of rotatable bonds is 4. The molecule has 2 rings (SSSR count). The second-order valence-corrected chi connectivity index (χ2v) is 3.47. The first kappa shape index (κ1) is 10.9. The minimum Gasteiger partial charge on any atom is -0.430 e. The zero-order valence-corrected chi connectivity index (χ0v) is 8.77. The summed E-state index contributed by atoms with van der Waals surface area (Å²) in [5.74, 6) is -0.235. The molecule has 3 heteroatoms. The first-order valence-electron chi connectivity index (χ1n) is 5.09. The summed E-state index contributed by atoms with van der Waals surface area (Å²) in [4.78, 5) is 0. The fraction of sp³-hybridized carbons (Fsp3) is 0.0769. The van der Waals surface area contributed by atoms with Crippen molar-refractivity contribution in [1.82, 2.24) is 0 Å². The molecule has 1 radical (unpaired) electrons. The van der Waals surface area contributed by atoms with E-state index in [0.29, 0.717) is 6.61 Å². The summed E-state index contributed by atoms with van der Waals surface area (Å²) in [6.45, 7) is 0.382. The Morgan fingerprint density at radius 1 is 1.00 bits per heavy atom. The van der Waals surface area contributed by atoms with Crippen molar-refractivity contribution in [2.24, 2.45) is 0 Å². The Hall–Kier alpha value is -1.61. The highest BCUT2D eigenvalue weighted by atomic mass is 19.1. The summed E-state index contributed by atoms with van der Waals surface area (Å²) in [6, 6.07) is 16.1. The molecule has 0 amide bonds. The van der Waals surface area contributed by atoms with Crippen LogP contribution in [0.15, 0.2) is 54.6 Å². The molecule has 0 atom stereocenters. The molecule has 2 aromatic carbocycles. The third kappa shape index (κ3) is 3.21. The molecule has 79 valence electrons. The molecule has 2 aromatic rings. The van der Waals surface area contributed by atoms with Crippen molar-refractivity contribution in [3.05, 3.63) is 66.0 Å². The van der Waals surface area contributed by atoms with Crippen molar-refractivity contribution in [2.45, 2.75) is 6.61 Å². The number of hydrogen-bond acceptors (Lipinski definition) is 1. The van der Waals surface area contributed by atoms with Gasteiger partial charge in [0.2, 0.25) is 0 Å². The molecule has 16 heavy (non-hydrogen) atoms. The van der Waals surface area contributed by atoms with Crippen LogP contribution < -0.4 is 5.46 Å². The molecule has 0 unspecified atom stereocenters. The molecular weight excluding hydrogens is 202 g/mol. The average molecular weight is 213 g/mol. The van der Waals surface area contributed by atoms with Crippen LogP contribution in [0.1, 0.15) is 5.56 Å². The van der Waals surface area contributed by atoms with Crippen LogP contribution in [0.3, 0.4) is 0 Å². The van der Waals surface area contributed by atoms with Crippen LogP contribution in [-0.4, -0.2) is 7.48 Å². The third-order valence-electron chi connectivity index (χ3n) is 2.16. The molecule has 0 saturated heterocycles. The van der Waals surface area contributed by atoms with Gasteiger partial charge < -0.3 is 4.65 Å². The highest BCUT2D eigenvalue weighted by Gasteiger charge is 1.98. The van der Waals surface area contributed by atoms with E-state index in [9.17, 15) is 4.39 Å². The van der Waals surface area contributed by atoms with Crippen molar-refractivity contribution < 1.29 is 9.04 Å². The summed E-state index contributed by atoms with van der Waals surface area (Å²) in [5.41, 5.74) is 1.83. The molecule has 0 N–H and O–H groups in total. The maximum atomic E-state index is 12.9. The molecule has 0 spiro atoms. The van der Waals surface area contributed by atoms with Gasteiger partial charge >= 0.3 is 7.48 Å². The van der Waals surface area contributed by atoms with E-state index in [2.05, 4.69) is 0 Å². The SMILES string of the molecule is Fc1cccc(CO[B]c2ccccc2)c1. The van der Waals surface area contributed by atoms with Gasteiger partial charge in [0.25, 0.3) is 0 Å². The molecule has 0 bridgehead atoms. The number of hydrogen-bond donors (Lipinski definition) is 0. The van der Waals surface area contributed by atoms with Crippen LogP contribution in [-0.2, 0) is 11.3 Å². The van der Waals surface area contributed by atoms with Crippen molar-refractivity contribution in [3.8, 4) is 0 Å². The molecule has 0 fully saturated rings. The molecular formula is C13H11BFO. The van der Waals surface area contributed by atoms with Crippen LogP contribution >= 0.6 is 0 Å². The summed E-state index contributed by atoms with van der Waals surface area (Å²) in [7, 11) is 1.67. The van der Waals surface area contributed by atoms with Crippen molar-refractivity contribution >= 4 is 12.9 Å². The van der Waals surface area contributed by atoms with E-state index in [1.54, 1.807) is 13.5 Å². The van der Waals surface area contributed by atoms with Crippen molar-refractivity contribution in [2.75, 3.05) is 0 Å². The van der Waals surface area contributed by atoms with Gasteiger partial charge in [0.05, 0.1) is 6.61 Å². The van der Waals surface area contributed by atoms with E-state index in [1.165, 1.54) is 12.1 Å².